The van der Waals surface area contributed by atoms with Crippen molar-refractivity contribution < 1.29 is 14.3 Å². The Morgan fingerprint density at radius 3 is 2.48 bits per heavy atom. The number of hydrogen-bond acceptors (Lipinski definition) is 4. The van der Waals surface area contributed by atoms with Gasteiger partial charge >= 0.3 is 0 Å². The van der Waals surface area contributed by atoms with Crippen LogP contribution in [0.3, 0.4) is 0 Å². The van der Waals surface area contributed by atoms with Crippen LogP contribution in [0, 0.1) is 13.8 Å². The van der Waals surface area contributed by atoms with Crippen LogP contribution in [0.5, 0.6) is 11.5 Å². The second-order valence-electron chi connectivity index (χ2n) is 6.19. The molecular formula is C21H23N3O3. The van der Waals surface area contributed by atoms with Crippen LogP contribution >= 0.6 is 0 Å². The fourth-order valence-electron chi connectivity index (χ4n) is 3.01. The van der Waals surface area contributed by atoms with Crippen LogP contribution in [0.4, 0.5) is 5.69 Å². The van der Waals surface area contributed by atoms with Crippen LogP contribution in [-0.2, 0) is 11.2 Å². The number of para-hydroxylation sites is 1. The molecule has 6 heteroatoms. The van der Waals surface area contributed by atoms with Gasteiger partial charge in [-0.15, -0.1) is 0 Å². The molecule has 0 radical (unpaired) electrons. The summed E-state index contributed by atoms with van der Waals surface area (Å²) in [6.07, 6.45) is 0.236. The summed E-state index contributed by atoms with van der Waals surface area (Å²) in [5, 5.41) is 7.50. The van der Waals surface area contributed by atoms with Crippen molar-refractivity contribution in [3.63, 3.8) is 0 Å². The van der Waals surface area contributed by atoms with Gasteiger partial charge in [0.05, 0.1) is 37.7 Å². The Balaban J connectivity index is 1.80. The Morgan fingerprint density at radius 1 is 1.07 bits per heavy atom. The number of carbonyl (C=O) groups is 1. The summed E-state index contributed by atoms with van der Waals surface area (Å²) in [7, 11) is 3.14. The number of nitrogens with one attached hydrogen (secondary N) is 1. The Bertz CT molecular complexity index is 949. The van der Waals surface area contributed by atoms with Gasteiger partial charge in [-0.3, -0.25) is 4.79 Å². The van der Waals surface area contributed by atoms with E-state index in [1.807, 2.05) is 48.9 Å². The standard InChI is InChI=1S/C21H23N3O3/c1-14-18(15(2)24(23-14)16-8-6-5-7-9-16)13-21(25)22-19-11-10-17(26-3)12-20(19)27-4/h5-12H,13H2,1-4H3,(H,22,25). The van der Waals surface area contributed by atoms with E-state index >= 15 is 0 Å². The maximum Gasteiger partial charge on any atom is 0.229 e. The lowest BCUT2D eigenvalue weighted by Gasteiger charge is -2.12. The SMILES string of the molecule is COc1ccc(NC(=O)Cc2c(C)nn(-c3ccccc3)c2C)c(OC)c1. The zero-order valence-electron chi connectivity index (χ0n) is 15.9. The number of aryl methyl sites for hydroxylation is 1. The maximum atomic E-state index is 12.6. The summed E-state index contributed by atoms with van der Waals surface area (Å²) in [6, 6.07) is 15.2. The molecule has 2 aromatic carbocycles. The smallest absolute Gasteiger partial charge is 0.229 e. The van der Waals surface area contributed by atoms with E-state index in [2.05, 4.69) is 10.4 Å². The normalized spacial score (nSPS) is 10.5. The molecule has 0 aliphatic rings. The third-order valence-corrected chi connectivity index (χ3v) is 4.46. The van der Waals surface area contributed by atoms with Gasteiger partial charge in [0.1, 0.15) is 11.5 Å². The van der Waals surface area contributed by atoms with E-state index in [-0.39, 0.29) is 12.3 Å². The van der Waals surface area contributed by atoms with Gasteiger partial charge in [0.25, 0.3) is 0 Å². The van der Waals surface area contributed by atoms with Crippen molar-refractivity contribution in [3.8, 4) is 17.2 Å². The molecule has 140 valence electrons. The molecule has 0 atom stereocenters. The fourth-order valence-corrected chi connectivity index (χ4v) is 3.01. The number of amides is 1. The number of hydrogen-bond donors (Lipinski definition) is 1. The Labute approximate surface area is 158 Å². The lowest BCUT2D eigenvalue weighted by atomic mass is 10.1. The van der Waals surface area contributed by atoms with Gasteiger partial charge in [-0.1, -0.05) is 18.2 Å². The summed E-state index contributed by atoms with van der Waals surface area (Å²) in [6.45, 7) is 3.90. The highest BCUT2D eigenvalue weighted by molar-refractivity contribution is 5.94. The lowest BCUT2D eigenvalue weighted by molar-refractivity contribution is -0.115. The van der Waals surface area contributed by atoms with Gasteiger partial charge in [-0.25, -0.2) is 4.68 Å². The first-order valence-corrected chi connectivity index (χ1v) is 8.66. The number of aromatic nitrogens is 2. The van der Waals surface area contributed by atoms with Crippen LogP contribution in [0.25, 0.3) is 5.69 Å². The monoisotopic (exact) mass is 365 g/mol. The van der Waals surface area contributed by atoms with Gasteiger partial charge in [0.15, 0.2) is 0 Å². The highest BCUT2D eigenvalue weighted by Crippen LogP contribution is 2.29. The van der Waals surface area contributed by atoms with Gasteiger partial charge in [0.2, 0.25) is 5.91 Å². The molecule has 6 nitrogen and oxygen atoms in total. The van der Waals surface area contributed by atoms with Gasteiger partial charge < -0.3 is 14.8 Å². The Hall–Kier alpha value is -3.28. The summed E-state index contributed by atoms with van der Waals surface area (Å²) in [4.78, 5) is 12.6. The number of methoxy groups -OCH3 is 2. The van der Waals surface area contributed by atoms with Crippen LogP contribution < -0.4 is 14.8 Å². The number of nitrogens with zero attached hydrogens (tertiary/aromatic N) is 2. The average Bonchev–Trinajstić information content (AvgIpc) is 2.97. The molecular weight excluding hydrogens is 342 g/mol. The minimum atomic E-state index is -0.128. The number of anilines is 1. The van der Waals surface area contributed by atoms with E-state index < -0.39 is 0 Å². The second-order valence-corrected chi connectivity index (χ2v) is 6.19. The predicted molar refractivity (Wildman–Crippen MR) is 105 cm³/mol. The molecule has 0 aliphatic carbocycles. The molecule has 0 unspecified atom stereocenters. The molecule has 0 saturated carbocycles. The van der Waals surface area contributed by atoms with Crippen molar-refractivity contribution in [1.82, 2.24) is 9.78 Å². The topological polar surface area (TPSA) is 65.4 Å². The first kappa shape index (κ1) is 18.5. The zero-order valence-corrected chi connectivity index (χ0v) is 15.9. The summed E-state index contributed by atoms with van der Waals surface area (Å²) < 4.78 is 12.4. The van der Waals surface area contributed by atoms with E-state index in [0.717, 1.165) is 22.6 Å². The van der Waals surface area contributed by atoms with Gasteiger partial charge in [-0.2, -0.15) is 5.10 Å². The molecule has 0 aliphatic heterocycles. The van der Waals surface area contributed by atoms with Crippen molar-refractivity contribution in [1.29, 1.82) is 0 Å². The summed E-state index contributed by atoms with van der Waals surface area (Å²) in [5.74, 6) is 1.09. The number of ether oxygens (including phenoxy) is 2. The van der Waals surface area contributed by atoms with Gasteiger partial charge in [-0.05, 0) is 38.1 Å². The Kier molecular flexibility index (Phi) is 5.45. The van der Waals surface area contributed by atoms with E-state index in [0.29, 0.717) is 17.2 Å². The molecule has 1 heterocycles. The quantitative estimate of drug-likeness (QED) is 0.724. The number of carbonyl (C=O) groups excluding carboxylic acids is 1. The zero-order chi connectivity index (χ0) is 19.4. The molecule has 1 amide bonds. The van der Waals surface area contributed by atoms with Crippen LogP contribution in [0.2, 0.25) is 0 Å². The predicted octanol–water partition coefficient (Wildman–Crippen LogP) is 3.69. The molecule has 3 rings (SSSR count). The first-order valence-electron chi connectivity index (χ1n) is 8.66. The van der Waals surface area contributed by atoms with Crippen molar-refractivity contribution in [2.45, 2.75) is 20.3 Å². The van der Waals surface area contributed by atoms with E-state index in [9.17, 15) is 4.79 Å². The summed E-state index contributed by atoms with van der Waals surface area (Å²) in [5.41, 5.74) is 4.29. The van der Waals surface area contributed by atoms with E-state index in [1.165, 1.54) is 0 Å². The Morgan fingerprint density at radius 2 is 1.81 bits per heavy atom. The molecule has 0 saturated heterocycles. The number of rotatable bonds is 6. The van der Waals surface area contributed by atoms with Crippen molar-refractivity contribution in [2.24, 2.45) is 0 Å². The maximum absolute atomic E-state index is 12.6. The van der Waals surface area contributed by atoms with E-state index in [1.54, 1.807) is 32.4 Å². The van der Waals surface area contributed by atoms with E-state index in [4.69, 9.17) is 9.47 Å². The van der Waals surface area contributed by atoms with Crippen molar-refractivity contribution >= 4 is 11.6 Å². The fraction of sp³-hybridized carbons (Fsp3) is 0.238. The highest BCUT2D eigenvalue weighted by Gasteiger charge is 2.17. The van der Waals surface area contributed by atoms with Crippen LogP contribution in [-0.4, -0.2) is 29.9 Å². The molecule has 3 aromatic rings. The van der Waals surface area contributed by atoms with Gasteiger partial charge in [0, 0.05) is 17.3 Å². The molecule has 0 fully saturated rings. The van der Waals surface area contributed by atoms with Crippen LogP contribution in [0.15, 0.2) is 48.5 Å². The third-order valence-electron chi connectivity index (χ3n) is 4.46. The highest BCUT2D eigenvalue weighted by atomic mass is 16.5. The molecule has 0 spiro atoms. The first-order chi connectivity index (χ1) is 13.0. The minimum Gasteiger partial charge on any atom is -0.497 e. The molecule has 1 N–H and O–H groups in total. The largest absolute Gasteiger partial charge is 0.497 e. The summed E-state index contributed by atoms with van der Waals surface area (Å²) >= 11 is 0. The lowest BCUT2D eigenvalue weighted by Crippen LogP contribution is -2.16. The second kappa shape index (κ2) is 7.95. The molecule has 1 aromatic heterocycles. The molecule has 0 bridgehead atoms. The van der Waals surface area contributed by atoms with Crippen molar-refractivity contribution in [3.05, 3.63) is 65.5 Å². The van der Waals surface area contributed by atoms with Crippen LogP contribution in [0.1, 0.15) is 17.0 Å². The van der Waals surface area contributed by atoms with Crippen molar-refractivity contribution in [2.75, 3.05) is 19.5 Å². The average molecular weight is 365 g/mol. The minimum absolute atomic E-state index is 0.128. The molecule has 27 heavy (non-hydrogen) atoms. The third kappa shape index (κ3) is 3.95. The number of benzene rings is 2.